The summed E-state index contributed by atoms with van der Waals surface area (Å²) < 4.78 is 48.8. The van der Waals surface area contributed by atoms with Crippen molar-refractivity contribution in [2.75, 3.05) is 24.4 Å². The van der Waals surface area contributed by atoms with Crippen LogP contribution in [0.3, 0.4) is 0 Å². The second kappa shape index (κ2) is 9.86. The normalized spacial score (nSPS) is 10.9. The molecule has 0 saturated carbocycles. The van der Waals surface area contributed by atoms with E-state index in [0.29, 0.717) is 17.2 Å². The summed E-state index contributed by atoms with van der Waals surface area (Å²) >= 11 is 0. The van der Waals surface area contributed by atoms with Gasteiger partial charge in [-0.3, -0.25) is 9.59 Å². The molecule has 0 radical (unpaired) electrons. The minimum atomic E-state index is -4.50. The van der Waals surface area contributed by atoms with E-state index in [1.165, 1.54) is 36.4 Å². The minimum absolute atomic E-state index is 0.0258. The molecule has 0 unspecified atom stereocenters. The maximum atomic E-state index is 12.8. The Labute approximate surface area is 182 Å². The highest BCUT2D eigenvalue weighted by molar-refractivity contribution is 6.04. The van der Waals surface area contributed by atoms with Crippen molar-refractivity contribution in [3.63, 3.8) is 0 Å². The molecular weight excluding hydrogens is 425 g/mol. The van der Waals surface area contributed by atoms with Gasteiger partial charge in [-0.2, -0.15) is 13.2 Å². The van der Waals surface area contributed by atoms with Crippen molar-refractivity contribution in [1.82, 2.24) is 0 Å². The van der Waals surface area contributed by atoms with Crippen molar-refractivity contribution in [2.45, 2.75) is 6.18 Å². The van der Waals surface area contributed by atoms with Gasteiger partial charge in [0.1, 0.15) is 11.5 Å². The fraction of sp³-hybridized carbons (Fsp3) is 0.130. The third-order valence-corrected chi connectivity index (χ3v) is 4.31. The molecule has 0 aromatic heterocycles. The van der Waals surface area contributed by atoms with E-state index in [0.717, 1.165) is 12.1 Å². The Hall–Kier alpha value is -4.01. The molecule has 3 rings (SSSR count). The highest BCUT2D eigenvalue weighted by atomic mass is 19.4. The average molecular weight is 444 g/mol. The van der Waals surface area contributed by atoms with Crippen molar-refractivity contribution in [3.05, 3.63) is 83.9 Å². The zero-order valence-electron chi connectivity index (χ0n) is 16.9. The smallest absolute Gasteiger partial charge is 0.416 e. The second-order valence-corrected chi connectivity index (χ2v) is 6.62. The molecule has 3 aromatic rings. The molecule has 0 saturated heterocycles. The Balaban J connectivity index is 1.53. The molecule has 0 aliphatic carbocycles. The van der Waals surface area contributed by atoms with Gasteiger partial charge in [-0.25, -0.2) is 0 Å². The number of carbonyl (C=O) groups excluding carboxylic acids is 2. The van der Waals surface area contributed by atoms with E-state index in [4.69, 9.17) is 9.47 Å². The third-order valence-electron chi connectivity index (χ3n) is 4.31. The Morgan fingerprint density at radius 2 is 1.50 bits per heavy atom. The predicted octanol–water partition coefficient (Wildman–Crippen LogP) is 4.98. The Morgan fingerprint density at radius 1 is 0.844 bits per heavy atom. The van der Waals surface area contributed by atoms with Crippen LogP contribution in [0.25, 0.3) is 0 Å². The number of nitrogens with one attached hydrogen (secondary N) is 2. The quantitative estimate of drug-likeness (QED) is 0.539. The highest BCUT2D eigenvalue weighted by Crippen LogP contribution is 2.30. The summed E-state index contributed by atoms with van der Waals surface area (Å²) in [6.45, 7) is -0.218. The fourth-order valence-corrected chi connectivity index (χ4v) is 2.70. The summed E-state index contributed by atoms with van der Waals surface area (Å²) in [6, 6.07) is 17.0. The lowest BCUT2D eigenvalue weighted by Crippen LogP contribution is -2.20. The number of hydrogen-bond donors (Lipinski definition) is 2. The molecule has 2 N–H and O–H groups in total. The lowest BCUT2D eigenvalue weighted by molar-refractivity contribution is -0.137. The van der Waals surface area contributed by atoms with Gasteiger partial charge >= 0.3 is 6.18 Å². The number of carbonyl (C=O) groups is 2. The van der Waals surface area contributed by atoms with Gasteiger partial charge in [-0.15, -0.1) is 0 Å². The fourth-order valence-electron chi connectivity index (χ4n) is 2.70. The standard InChI is InChI=1S/C23H19F3N2O4/c1-31-19-9-11-20(12-10-19)32-14-21(29)27-17-7-5-15(6-8-17)22(30)28-18-4-2-3-16(13-18)23(24,25)26/h2-13H,14H2,1H3,(H,27,29)(H,28,30). The highest BCUT2D eigenvalue weighted by Gasteiger charge is 2.30. The number of halogens is 3. The number of benzene rings is 3. The summed E-state index contributed by atoms with van der Waals surface area (Å²) in [6.07, 6.45) is -4.50. The molecule has 0 aliphatic heterocycles. The van der Waals surface area contributed by atoms with E-state index in [1.807, 2.05) is 0 Å². The van der Waals surface area contributed by atoms with Crippen molar-refractivity contribution >= 4 is 23.2 Å². The number of ether oxygens (including phenoxy) is 2. The third kappa shape index (κ3) is 6.24. The molecule has 0 spiro atoms. The van der Waals surface area contributed by atoms with Gasteiger partial charge in [0.2, 0.25) is 0 Å². The molecule has 0 fully saturated rings. The van der Waals surface area contributed by atoms with E-state index in [-0.39, 0.29) is 17.9 Å². The maximum Gasteiger partial charge on any atom is 0.416 e. The number of amides is 2. The number of hydrogen-bond acceptors (Lipinski definition) is 4. The lowest BCUT2D eigenvalue weighted by Gasteiger charge is -2.11. The van der Waals surface area contributed by atoms with E-state index in [9.17, 15) is 22.8 Å². The maximum absolute atomic E-state index is 12.8. The Bertz CT molecular complexity index is 1080. The summed E-state index contributed by atoms with van der Waals surface area (Å²) in [5.41, 5.74) is -0.179. The van der Waals surface area contributed by atoms with Crippen LogP contribution in [0, 0.1) is 0 Å². The van der Waals surface area contributed by atoms with E-state index in [2.05, 4.69) is 10.6 Å². The summed E-state index contributed by atoms with van der Waals surface area (Å²) in [7, 11) is 1.55. The zero-order valence-corrected chi connectivity index (χ0v) is 16.9. The first-order valence-electron chi connectivity index (χ1n) is 9.40. The molecule has 6 nitrogen and oxygen atoms in total. The topological polar surface area (TPSA) is 76.7 Å². The largest absolute Gasteiger partial charge is 0.497 e. The van der Waals surface area contributed by atoms with E-state index < -0.39 is 23.6 Å². The average Bonchev–Trinajstić information content (AvgIpc) is 2.78. The van der Waals surface area contributed by atoms with Gasteiger partial charge in [0.25, 0.3) is 11.8 Å². The van der Waals surface area contributed by atoms with Crippen LogP contribution in [0.5, 0.6) is 11.5 Å². The second-order valence-electron chi connectivity index (χ2n) is 6.62. The van der Waals surface area contributed by atoms with Crippen molar-refractivity contribution < 1.29 is 32.2 Å². The van der Waals surface area contributed by atoms with E-state index in [1.54, 1.807) is 31.4 Å². The van der Waals surface area contributed by atoms with Crippen LogP contribution < -0.4 is 20.1 Å². The SMILES string of the molecule is COc1ccc(OCC(=O)Nc2ccc(C(=O)Nc3cccc(C(F)(F)F)c3)cc2)cc1. The predicted molar refractivity (Wildman–Crippen MR) is 113 cm³/mol. The van der Waals surface area contributed by atoms with Crippen LogP contribution in [0.4, 0.5) is 24.5 Å². The lowest BCUT2D eigenvalue weighted by atomic mass is 10.1. The first-order valence-corrected chi connectivity index (χ1v) is 9.40. The van der Waals surface area contributed by atoms with Crippen molar-refractivity contribution in [1.29, 1.82) is 0 Å². The van der Waals surface area contributed by atoms with Crippen LogP contribution in [-0.2, 0) is 11.0 Å². The number of anilines is 2. The van der Waals surface area contributed by atoms with Crippen LogP contribution in [0.1, 0.15) is 15.9 Å². The summed E-state index contributed by atoms with van der Waals surface area (Å²) in [5, 5.41) is 5.05. The minimum Gasteiger partial charge on any atom is -0.497 e. The van der Waals surface area contributed by atoms with Crippen LogP contribution >= 0.6 is 0 Å². The molecule has 0 aliphatic rings. The number of rotatable bonds is 7. The van der Waals surface area contributed by atoms with Gasteiger partial charge in [0, 0.05) is 16.9 Å². The molecule has 3 aromatic carbocycles. The van der Waals surface area contributed by atoms with Crippen LogP contribution in [0.15, 0.2) is 72.8 Å². The zero-order chi connectivity index (χ0) is 23.1. The molecule has 9 heteroatoms. The molecule has 166 valence electrons. The van der Waals surface area contributed by atoms with Gasteiger partial charge < -0.3 is 20.1 Å². The van der Waals surface area contributed by atoms with Crippen LogP contribution in [0.2, 0.25) is 0 Å². The Morgan fingerprint density at radius 3 is 2.12 bits per heavy atom. The first-order chi connectivity index (χ1) is 15.2. The molecule has 0 heterocycles. The summed E-state index contributed by atoms with van der Waals surface area (Å²) in [4.78, 5) is 24.4. The molecular formula is C23H19F3N2O4. The molecule has 0 bridgehead atoms. The van der Waals surface area contributed by atoms with Crippen molar-refractivity contribution in [3.8, 4) is 11.5 Å². The van der Waals surface area contributed by atoms with Gasteiger partial charge in [-0.1, -0.05) is 6.07 Å². The van der Waals surface area contributed by atoms with Crippen LogP contribution in [-0.4, -0.2) is 25.5 Å². The molecule has 2 amide bonds. The first kappa shape index (κ1) is 22.7. The Kier molecular flexibility index (Phi) is 6.99. The monoisotopic (exact) mass is 444 g/mol. The van der Waals surface area contributed by atoms with Crippen molar-refractivity contribution in [2.24, 2.45) is 0 Å². The van der Waals surface area contributed by atoms with E-state index >= 15 is 0 Å². The summed E-state index contributed by atoms with van der Waals surface area (Å²) in [5.74, 6) is 0.188. The number of alkyl halides is 3. The van der Waals surface area contributed by atoms with Gasteiger partial charge in [-0.05, 0) is 66.7 Å². The molecule has 0 atom stereocenters. The van der Waals surface area contributed by atoms with Gasteiger partial charge in [0.05, 0.1) is 12.7 Å². The molecule has 32 heavy (non-hydrogen) atoms. The number of methoxy groups -OCH3 is 1. The van der Waals surface area contributed by atoms with Gasteiger partial charge in [0.15, 0.2) is 6.61 Å².